The summed E-state index contributed by atoms with van der Waals surface area (Å²) < 4.78 is 38.7. The molecule has 2 aromatic carbocycles. The van der Waals surface area contributed by atoms with Crippen LogP contribution < -0.4 is 5.32 Å². The largest absolute Gasteiger partial charge is 0.472 e. The lowest BCUT2D eigenvalue weighted by atomic mass is 9.91. The molecule has 1 atom stereocenters. The van der Waals surface area contributed by atoms with E-state index in [-0.39, 0.29) is 43.3 Å². The van der Waals surface area contributed by atoms with Gasteiger partial charge in [-0.15, -0.1) is 0 Å². The van der Waals surface area contributed by atoms with E-state index in [9.17, 15) is 23.2 Å². The maximum Gasteiger partial charge on any atom is 0.306 e. The van der Waals surface area contributed by atoms with Gasteiger partial charge in [0.2, 0.25) is 5.91 Å². The van der Waals surface area contributed by atoms with Crippen LogP contribution in [-0.4, -0.2) is 28.7 Å². The number of hydrogen-bond donors (Lipinski definition) is 1. The summed E-state index contributed by atoms with van der Waals surface area (Å²) in [5, 5.41) is 3.26. The fourth-order valence-electron chi connectivity index (χ4n) is 5.35. The second kappa shape index (κ2) is 13.5. The zero-order valence-electron chi connectivity index (χ0n) is 23.1. The van der Waals surface area contributed by atoms with Crippen molar-refractivity contribution in [1.29, 1.82) is 0 Å². The molecule has 4 aromatic rings. The molecule has 218 valence electrons. The molecular weight excluding hydrogens is 542 g/mol. The van der Waals surface area contributed by atoms with E-state index in [0.29, 0.717) is 27.7 Å². The summed E-state index contributed by atoms with van der Waals surface area (Å²) in [5.74, 6) is -3.45. The van der Waals surface area contributed by atoms with Gasteiger partial charge in [0.15, 0.2) is 5.78 Å². The number of para-hydroxylation sites is 1. The lowest BCUT2D eigenvalue weighted by Crippen LogP contribution is -2.33. The normalized spacial score (nSPS) is 14.4. The Labute approximate surface area is 242 Å². The number of carbonyl (C=O) groups is 3. The number of benzene rings is 2. The van der Waals surface area contributed by atoms with Crippen LogP contribution in [-0.2, 0) is 20.9 Å². The Morgan fingerprint density at radius 2 is 1.83 bits per heavy atom. The summed E-state index contributed by atoms with van der Waals surface area (Å²) in [6, 6.07) is 13.6. The van der Waals surface area contributed by atoms with E-state index in [2.05, 4.69) is 10.3 Å². The zero-order chi connectivity index (χ0) is 29.5. The Bertz CT molecular complexity index is 1560. The Hall–Kier alpha value is -4.40. The third-order valence-corrected chi connectivity index (χ3v) is 7.64. The van der Waals surface area contributed by atoms with Crippen molar-refractivity contribution in [2.45, 2.75) is 64.0 Å². The molecule has 1 unspecified atom stereocenters. The number of hydrogen-bond acceptors (Lipinski definition) is 6. The number of ether oxygens (including phenoxy) is 1. The first-order chi connectivity index (χ1) is 20.4. The Balaban J connectivity index is 1.35. The van der Waals surface area contributed by atoms with E-state index in [1.54, 1.807) is 30.3 Å². The van der Waals surface area contributed by atoms with Gasteiger partial charge in [0.05, 0.1) is 23.7 Å². The van der Waals surface area contributed by atoms with Gasteiger partial charge in [0.25, 0.3) is 0 Å². The lowest BCUT2D eigenvalue weighted by molar-refractivity contribution is -0.150. The van der Waals surface area contributed by atoms with Crippen LogP contribution in [0.1, 0.15) is 67.3 Å². The number of pyridine rings is 1. The highest BCUT2D eigenvalue weighted by Gasteiger charge is 2.27. The van der Waals surface area contributed by atoms with Crippen molar-refractivity contribution in [3.05, 3.63) is 89.9 Å². The number of furan rings is 1. The van der Waals surface area contributed by atoms with Gasteiger partial charge in [-0.3, -0.25) is 14.4 Å². The summed E-state index contributed by atoms with van der Waals surface area (Å²) in [5.41, 5.74) is 2.22. The van der Waals surface area contributed by atoms with Crippen LogP contribution >= 0.6 is 0 Å². The number of nitrogens with zero attached hydrogens (tertiary/aromatic N) is 1. The molecule has 1 N–H and O–H groups in total. The Morgan fingerprint density at radius 1 is 1.02 bits per heavy atom. The maximum absolute atomic E-state index is 14.2. The van der Waals surface area contributed by atoms with Crippen molar-refractivity contribution in [3.63, 3.8) is 0 Å². The first-order valence-electron chi connectivity index (χ1n) is 14.2. The molecule has 0 aliphatic heterocycles. The van der Waals surface area contributed by atoms with Crippen LogP contribution in [0.2, 0.25) is 0 Å². The molecule has 0 radical (unpaired) electrons. The zero-order valence-corrected chi connectivity index (χ0v) is 23.1. The van der Waals surface area contributed by atoms with Crippen LogP contribution in [0.15, 0.2) is 71.5 Å². The average Bonchev–Trinajstić information content (AvgIpc) is 3.55. The van der Waals surface area contributed by atoms with Crippen molar-refractivity contribution in [1.82, 2.24) is 10.3 Å². The van der Waals surface area contributed by atoms with E-state index in [1.807, 2.05) is 6.07 Å². The number of rotatable bonds is 11. The first-order valence-corrected chi connectivity index (χ1v) is 14.2. The molecule has 2 aromatic heterocycles. The molecule has 2 heterocycles. The van der Waals surface area contributed by atoms with Gasteiger partial charge in [0.1, 0.15) is 17.7 Å². The SMILES string of the molecule is O=C(CCC(CC(=O)c1cc(-c2ccoc2)nc2ccccc12)C(=O)NCc1cc(F)ccc1F)OC1CCCCC1. The molecular formula is C33H32F2N2O5. The summed E-state index contributed by atoms with van der Waals surface area (Å²) in [6.07, 6.45) is 7.52. The number of fused-ring (bicyclic) bond motifs is 1. The van der Waals surface area contributed by atoms with Gasteiger partial charge < -0.3 is 14.5 Å². The number of halogens is 2. The highest BCUT2D eigenvalue weighted by molar-refractivity contribution is 6.09. The van der Waals surface area contributed by atoms with Crippen molar-refractivity contribution >= 4 is 28.6 Å². The third kappa shape index (κ3) is 7.26. The molecule has 1 aliphatic carbocycles. The van der Waals surface area contributed by atoms with E-state index < -0.39 is 29.4 Å². The molecule has 0 saturated heterocycles. The van der Waals surface area contributed by atoms with E-state index in [0.717, 1.165) is 50.3 Å². The maximum atomic E-state index is 14.2. The third-order valence-electron chi connectivity index (χ3n) is 7.64. The molecule has 42 heavy (non-hydrogen) atoms. The summed E-state index contributed by atoms with van der Waals surface area (Å²) >= 11 is 0. The standard InChI is InChI=1S/C33H32F2N2O5/c34-24-11-12-28(35)23(16-24)19-36-33(40)21(10-13-32(39)42-25-6-2-1-3-7-25)17-31(38)27-18-30(22-14-15-41-20-22)37-29-9-5-4-8-26(27)29/h4-5,8-9,11-12,14-16,18,20-21,25H,1-3,6-7,10,13,17,19H2,(H,36,40). The first kappa shape index (κ1) is 29.1. The van der Waals surface area contributed by atoms with Crippen molar-refractivity contribution in [2.24, 2.45) is 5.92 Å². The molecule has 1 aliphatic rings. The van der Waals surface area contributed by atoms with Crippen LogP contribution in [0.5, 0.6) is 0 Å². The summed E-state index contributed by atoms with van der Waals surface area (Å²) in [6.45, 7) is -0.261. The van der Waals surface area contributed by atoms with Gasteiger partial charge >= 0.3 is 5.97 Å². The van der Waals surface area contributed by atoms with E-state index in [1.165, 1.54) is 12.5 Å². The number of aromatic nitrogens is 1. The number of Topliss-reactive ketones (excluding diaryl/α,β-unsaturated/α-hetero) is 1. The highest BCUT2D eigenvalue weighted by atomic mass is 19.1. The monoisotopic (exact) mass is 574 g/mol. The number of ketones is 1. The van der Waals surface area contributed by atoms with Crippen LogP contribution in [0.4, 0.5) is 8.78 Å². The molecule has 7 nitrogen and oxygen atoms in total. The van der Waals surface area contributed by atoms with Gasteiger partial charge in [-0.25, -0.2) is 13.8 Å². The minimum atomic E-state index is -0.905. The van der Waals surface area contributed by atoms with E-state index in [4.69, 9.17) is 9.15 Å². The summed E-state index contributed by atoms with van der Waals surface area (Å²) in [7, 11) is 0. The molecule has 0 spiro atoms. The van der Waals surface area contributed by atoms with Gasteiger partial charge in [-0.2, -0.15) is 0 Å². The second-order valence-electron chi connectivity index (χ2n) is 10.7. The highest BCUT2D eigenvalue weighted by Crippen LogP contribution is 2.28. The number of carbonyl (C=O) groups excluding carboxylic acids is 3. The molecule has 5 rings (SSSR count). The van der Waals surface area contributed by atoms with Crippen molar-refractivity contribution < 1.29 is 32.3 Å². The van der Waals surface area contributed by atoms with Gasteiger partial charge in [0, 0.05) is 47.4 Å². The smallest absolute Gasteiger partial charge is 0.306 e. The molecule has 1 amide bonds. The van der Waals surface area contributed by atoms with E-state index >= 15 is 0 Å². The average molecular weight is 575 g/mol. The quantitative estimate of drug-likeness (QED) is 0.154. The second-order valence-corrected chi connectivity index (χ2v) is 10.7. The number of amides is 1. The number of nitrogens with one attached hydrogen (secondary N) is 1. The summed E-state index contributed by atoms with van der Waals surface area (Å²) in [4.78, 5) is 44.4. The number of esters is 1. The Morgan fingerprint density at radius 3 is 2.62 bits per heavy atom. The minimum Gasteiger partial charge on any atom is -0.472 e. The molecule has 1 fully saturated rings. The molecule has 1 saturated carbocycles. The van der Waals surface area contributed by atoms with Crippen molar-refractivity contribution in [3.8, 4) is 11.3 Å². The molecule has 9 heteroatoms. The van der Waals surface area contributed by atoms with Crippen LogP contribution in [0.25, 0.3) is 22.2 Å². The fourth-order valence-corrected chi connectivity index (χ4v) is 5.35. The van der Waals surface area contributed by atoms with Crippen LogP contribution in [0.3, 0.4) is 0 Å². The van der Waals surface area contributed by atoms with Crippen molar-refractivity contribution in [2.75, 3.05) is 0 Å². The molecule has 0 bridgehead atoms. The lowest BCUT2D eigenvalue weighted by Gasteiger charge is -2.22. The predicted molar refractivity (Wildman–Crippen MR) is 152 cm³/mol. The Kier molecular flexibility index (Phi) is 9.36. The van der Waals surface area contributed by atoms with Gasteiger partial charge in [-0.05, 0) is 68.5 Å². The fraction of sp³-hybridized carbons (Fsp3) is 0.333. The topological polar surface area (TPSA) is 98.5 Å². The minimum absolute atomic E-state index is 0.0185. The van der Waals surface area contributed by atoms with Gasteiger partial charge in [-0.1, -0.05) is 24.6 Å². The predicted octanol–water partition coefficient (Wildman–Crippen LogP) is 6.93. The van der Waals surface area contributed by atoms with Crippen LogP contribution in [0, 0.1) is 17.6 Å².